The van der Waals surface area contributed by atoms with E-state index in [-0.39, 0.29) is 5.84 Å². The highest BCUT2D eigenvalue weighted by Gasteiger charge is 2.21. The molecule has 1 aromatic heterocycles. The second kappa shape index (κ2) is 7.95. The summed E-state index contributed by atoms with van der Waals surface area (Å²) in [7, 11) is 0. The lowest BCUT2D eigenvalue weighted by atomic mass is 10.1. The lowest BCUT2D eigenvalue weighted by Crippen LogP contribution is -2.39. The van der Waals surface area contributed by atoms with Crippen LogP contribution in [0.15, 0.2) is 23.5 Å². The van der Waals surface area contributed by atoms with Crippen LogP contribution in [-0.2, 0) is 11.3 Å². The van der Waals surface area contributed by atoms with Crippen molar-refractivity contribution in [2.24, 2.45) is 10.9 Å². The van der Waals surface area contributed by atoms with E-state index in [1.165, 1.54) is 0 Å². The number of rotatable bonds is 6. The zero-order valence-corrected chi connectivity index (χ0v) is 12.5. The molecule has 0 aromatic carbocycles. The second-order valence-corrected chi connectivity index (χ2v) is 5.37. The number of oxime groups is 1. The fourth-order valence-electron chi connectivity index (χ4n) is 2.66. The number of hydrogen-bond donors (Lipinski definition) is 2. The molecule has 21 heavy (non-hydrogen) atoms. The number of ether oxygens (including phenoxy) is 1. The molecule has 1 aromatic rings. The van der Waals surface area contributed by atoms with Crippen molar-refractivity contribution in [1.82, 2.24) is 9.88 Å². The van der Waals surface area contributed by atoms with Gasteiger partial charge >= 0.3 is 0 Å². The molecule has 0 bridgehead atoms. The topological polar surface area (TPSA) is 84.0 Å². The van der Waals surface area contributed by atoms with Gasteiger partial charge in [0.05, 0.1) is 6.10 Å². The van der Waals surface area contributed by atoms with Gasteiger partial charge in [0.15, 0.2) is 5.84 Å². The molecule has 6 heteroatoms. The van der Waals surface area contributed by atoms with Gasteiger partial charge in [-0.2, -0.15) is 0 Å². The Kier molecular flexibility index (Phi) is 5.95. The molecular weight excluding hydrogens is 268 g/mol. The molecule has 2 rings (SSSR count). The third kappa shape index (κ3) is 4.41. The van der Waals surface area contributed by atoms with E-state index in [1.54, 1.807) is 6.20 Å². The second-order valence-electron chi connectivity index (χ2n) is 5.37. The number of nitrogens with two attached hydrogens (primary N) is 1. The maximum atomic E-state index is 8.85. The molecule has 2 heterocycles. The number of nitrogens with zero attached hydrogens (tertiary/aromatic N) is 3. The molecule has 0 radical (unpaired) electrons. The zero-order valence-electron chi connectivity index (χ0n) is 12.5. The van der Waals surface area contributed by atoms with Crippen LogP contribution in [0, 0.1) is 0 Å². The Labute approximate surface area is 125 Å². The van der Waals surface area contributed by atoms with E-state index < -0.39 is 0 Å². The molecule has 1 fully saturated rings. The van der Waals surface area contributed by atoms with Crippen LogP contribution in [0.4, 0.5) is 0 Å². The van der Waals surface area contributed by atoms with Crippen LogP contribution >= 0.6 is 0 Å². The van der Waals surface area contributed by atoms with Crippen molar-refractivity contribution in [1.29, 1.82) is 0 Å². The standard InChI is InChI=1S/C15H24N4O2/c1-2-9-21-13-6-4-8-19(11-13)10-12-5-3-7-17-14(12)15(16)18-20/h3,5,7,13,20H,2,4,6,8-11H2,1H3,(H2,16,18). The molecule has 116 valence electrons. The molecule has 0 amide bonds. The van der Waals surface area contributed by atoms with Gasteiger partial charge in [0.25, 0.3) is 0 Å². The lowest BCUT2D eigenvalue weighted by molar-refractivity contribution is -0.00226. The quantitative estimate of drug-likeness (QED) is 0.360. The largest absolute Gasteiger partial charge is 0.409 e. The van der Waals surface area contributed by atoms with Crippen LogP contribution in [0.3, 0.4) is 0 Å². The van der Waals surface area contributed by atoms with Crippen molar-refractivity contribution in [2.45, 2.75) is 38.8 Å². The van der Waals surface area contributed by atoms with Crippen molar-refractivity contribution in [3.63, 3.8) is 0 Å². The van der Waals surface area contributed by atoms with E-state index in [2.05, 4.69) is 22.0 Å². The molecule has 1 atom stereocenters. The van der Waals surface area contributed by atoms with Crippen LogP contribution in [-0.4, -0.2) is 46.7 Å². The summed E-state index contributed by atoms with van der Waals surface area (Å²) in [6, 6.07) is 3.84. The van der Waals surface area contributed by atoms with Crippen LogP contribution in [0.2, 0.25) is 0 Å². The van der Waals surface area contributed by atoms with E-state index >= 15 is 0 Å². The third-order valence-electron chi connectivity index (χ3n) is 3.66. The fourth-order valence-corrected chi connectivity index (χ4v) is 2.66. The molecule has 0 spiro atoms. The highest BCUT2D eigenvalue weighted by molar-refractivity contribution is 5.96. The van der Waals surface area contributed by atoms with Gasteiger partial charge in [-0.1, -0.05) is 18.1 Å². The summed E-state index contributed by atoms with van der Waals surface area (Å²) in [5.41, 5.74) is 7.22. The minimum atomic E-state index is 0.0568. The zero-order chi connectivity index (χ0) is 15.1. The first-order chi connectivity index (χ1) is 10.2. The Hall–Kier alpha value is -1.66. The molecule has 1 aliphatic rings. The van der Waals surface area contributed by atoms with Gasteiger partial charge in [-0.15, -0.1) is 0 Å². The fraction of sp³-hybridized carbons (Fsp3) is 0.600. The van der Waals surface area contributed by atoms with Crippen molar-refractivity contribution in [3.05, 3.63) is 29.6 Å². The monoisotopic (exact) mass is 292 g/mol. The van der Waals surface area contributed by atoms with E-state index in [9.17, 15) is 0 Å². The number of piperidine rings is 1. The van der Waals surface area contributed by atoms with Crippen molar-refractivity contribution in [2.75, 3.05) is 19.7 Å². The Morgan fingerprint density at radius 3 is 3.24 bits per heavy atom. The molecule has 1 aliphatic heterocycles. The SMILES string of the molecule is CCCOC1CCCN(Cc2cccnc2C(N)=NO)C1. The number of amidine groups is 1. The molecule has 1 saturated heterocycles. The van der Waals surface area contributed by atoms with Crippen LogP contribution < -0.4 is 5.73 Å². The predicted octanol–water partition coefficient (Wildman–Crippen LogP) is 1.57. The van der Waals surface area contributed by atoms with Crippen LogP contribution in [0.25, 0.3) is 0 Å². The first-order valence-corrected chi connectivity index (χ1v) is 7.50. The number of hydrogen-bond acceptors (Lipinski definition) is 5. The van der Waals surface area contributed by atoms with E-state index in [0.717, 1.165) is 51.1 Å². The van der Waals surface area contributed by atoms with Gasteiger partial charge in [0.2, 0.25) is 0 Å². The van der Waals surface area contributed by atoms with Crippen molar-refractivity contribution >= 4 is 5.84 Å². The summed E-state index contributed by atoms with van der Waals surface area (Å²) in [4.78, 5) is 6.55. The smallest absolute Gasteiger partial charge is 0.189 e. The number of aromatic nitrogens is 1. The number of pyridine rings is 1. The lowest BCUT2D eigenvalue weighted by Gasteiger charge is -2.32. The maximum absolute atomic E-state index is 8.85. The average molecular weight is 292 g/mol. The Morgan fingerprint density at radius 1 is 1.62 bits per heavy atom. The summed E-state index contributed by atoms with van der Waals surface area (Å²) < 4.78 is 5.85. The van der Waals surface area contributed by atoms with Gasteiger partial charge in [-0.25, -0.2) is 0 Å². The summed E-state index contributed by atoms with van der Waals surface area (Å²) in [6.45, 7) is 5.65. The summed E-state index contributed by atoms with van der Waals surface area (Å²) in [5.74, 6) is 0.0568. The predicted molar refractivity (Wildman–Crippen MR) is 81.3 cm³/mol. The van der Waals surface area contributed by atoms with Crippen LogP contribution in [0.1, 0.15) is 37.4 Å². The Bertz CT molecular complexity index is 478. The minimum absolute atomic E-state index is 0.0568. The van der Waals surface area contributed by atoms with Gasteiger partial charge in [0, 0.05) is 25.9 Å². The highest BCUT2D eigenvalue weighted by atomic mass is 16.5. The molecule has 6 nitrogen and oxygen atoms in total. The van der Waals surface area contributed by atoms with Crippen molar-refractivity contribution < 1.29 is 9.94 Å². The van der Waals surface area contributed by atoms with E-state index in [1.807, 2.05) is 12.1 Å². The highest BCUT2D eigenvalue weighted by Crippen LogP contribution is 2.17. The van der Waals surface area contributed by atoms with Gasteiger partial charge in [0.1, 0.15) is 5.69 Å². The average Bonchev–Trinajstić information content (AvgIpc) is 2.53. The summed E-state index contributed by atoms with van der Waals surface area (Å²) in [6.07, 6.45) is 5.26. The molecule has 3 N–H and O–H groups in total. The summed E-state index contributed by atoms with van der Waals surface area (Å²) in [5, 5.41) is 11.9. The number of likely N-dealkylation sites (tertiary alicyclic amines) is 1. The van der Waals surface area contributed by atoms with Gasteiger partial charge in [-0.3, -0.25) is 9.88 Å². The van der Waals surface area contributed by atoms with Gasteiger partial charge in [-0.05, 0) is 37.4 Å². The van der Waals surface area contributed by atoms with E-state index in [4.69, 9.17) is 15.7 Å². The molecule has 0 saturated carbocycles. The van der Waals surface area contributed by atoms with Gasteiger partial charge < -0.3 is 15.7 Å². The third-order valence-corrected chi connectivity index (χ3v) is 3.66. The first kappa shape index (κ1) is 15.7. The molecule has 0 aliphatic carbocycles. The van der Waals surface area contributed by atoms with Crippen molar-refractivity contribution in [3.8, 4) is 0 Å². The Balaban J connectivity index is 2.01. The maximum Gasteiger partial charge on any atom is 0.189 e. The minimum Gasteiger partial charge on any atom is -0.409 e. The normalized spacial score (nSPS) is 20.6. The molecule has 1 unspecified atom stereocenters. The summed E-state index contributed by atoms with van der Waals surface area (Å²) >= 11 is 0. The van der Waals surface area contributed by atoms with Crippen LogP contribution in [0.5, 0.6) is 0 Å². The van der Waals surface area contributed by atoms with E-state index in [0.29, 0.717) is 11.8 Å². The molecular formula is C15H24N4O2. The first-order valence-electron chi connectivity index (χ1n) is 7.50. The Morgan fingerprint density at radius 2 is 2.48 bits per heavy atom.